The fraction of sp³-hybridized carbons (Fsp3) is 0.241. The molecule has 3 N–H and O–H groups in total. The van der Waals surface area contributed by atoms with E-state index < -0.39 is 21.6 Å². The number of ether oxygens (including phenoxy) is 1. The molecule has 0 aliphatic carbocycles. The zero-order valence-corrected chi connectivity index (χ0v) is 23.9. The van der Waals surface area contributed by atoms with E-state index in [1.165, 1.54) is 17.0 Å². The summed E-state index contributed by atoms with van der Waals surface area (Å²) >= 11 is 0. The van der Waals surface area contributed by atoms with E-state index in [1.807, 2.05) is 6.92 Å². The zero-order chi connectivity index (χ0) is 29.8. The van der Waals surface area contributed by atoms with Crippen molar-refractivity contribution < 1.29 is 27.3 Å². The Kier molecular flexibility index (Phi) is 8.43. The maximum Gasteiger partial charge on any atom is 0.335 e. The molecule has 214 valence electrons. The van der Waals surface area contributed by atoms with Crippen LogP contribution in [0.25, 0.3) is 11.4 Å². The predicted molar refractivity (Wildman–Crippen MR) is 153 cm³/mol. The fourth-order valence-electron chi connectivity index (χ4n) is 3.79. The quantitative estimate of drug-likeness (QED) is 0.217. The average molecular weight is 578 g/mol. The second kappa shape index (κ2) is 11.8. The number of anilines is 2. The Hall–Kier alpha value is -4.71. The lowest BCUT2D eigenvalue weighted by Gasteiger charge is -2.25. The first-order chi connectivity index (χ1) is 19.3. The lowest BCUT2D eigenvalue weighted by Crippen LogP contribution is -2.38. The van der Waals surface area contributed by atoms with Crippen LogP contribution < -0.4 is 10.5 Å². The molecule has 11 nitrogen and oxygen atoms in total. The van der Waals surface area contributed by atoms with Crippen LogP contribution >= 0.6 is 0 Å². The number of aryl methyl sites for hydroxylation is 1. The Balaban J connectivity index is 1.49. The molecule has 1 amide bonds. The molecule has 0 saturated carbocycles. The number of sulfonamides is 1. The Morgan fingerprint density at radius 2 is 1.61 bits per heavy atom. The molecule has 1 heterocycles. The van der Waals surface area contributed by atoms with Crippen molar-refractivity contribution in [3.8, 4) is 11.4 Å². The van der Waals surface area contributed by atoms with Crippen molar-refractivity contribution in [1.82, 2.24) is 15.0 Å². The van der Waals surface area contributed by atoms with E-state index in [1.54, 1.807) is 81.4 Å². The van der Waals surface area contributed by atoms with E-state index in [2.05, 4.69) is 14.9 Å². The number of carbonyl (C=O) groups excluding carboxylic acids is 2. The number of hydrogen-bond acceptors (Lipinski definition) is 9. The second-order valence-electron chi connectivity index (χ2n) is 10.4. The van der Waals surface area contributed by atoms with Crippen LogP contribution in [0.5, 0.6) is 0 Å². The maximum absolute atomic E-state index is 13.3. The topological polar surface area (TPSA) is 158 Å². The van der Waals surface area contributed by atoms with Crippen molar-refractivity contribution in [2.24, 2.45) is 0 Å². The number of nitrogens with two attached hydrogens (primary N) is 1. The summed E-state index contributed by atoms with van der Waals surface area (Å²) in [4.78, 5) is 31.5. The molecule has 0 bridgehead atoms. The Labute approximate surface area is 238 Å². The number of aromatic nitrogens is 2. The van der Waals surface area contributed by atoms with Crippen LogP contribution in [0.15, 0.2) is 82.2 Å². The smallest absolute Gasteiger partial charge is 0.335 e. The first kappa shape index (κ1) is 29.3. The Morgan fingerprint density at radius 3 is 2.22 bits per heavy atom. The SMILES string of the molecule is Cc1ccc(S(=O)(=O)Nc2nc(-c3ccc(CN(CC(=O)OC(C)(C)C)C(=O)c4ccc(N)cc4)cc3)no2)cc1. The van der Waals surface area contributed by atoms with Crippen LogP contribution in [0.2, 0.25) is 0 Å². The van der Waals surface area contributed by atoms with Crippen molar-refractivity contribution in [3.63, 3.8) is 0 Å². The summed E-state index contributed by atoms with van der Waals surface area (Å²) < 4.78 is 38.1. The van der Waals surface area contributed by atoms with Gasteiger partial charge in [-0.05, 0) is 69.7 Å². The highest BCUT2D eigenvalue weighted by atomic mass is 32.2. The van der Waals surface area contributed by atoms with E-state index in [0.29, 0.717) is 16.8 Å². The van der Waals surface area contributed by atoms with Gasteiger partial charge in [-0.1, -0.05) is 47.1 Å². The van der Waals surface area contributed by atoms with Gasteiger partial charge in [0.25, 0.3) is 15.9 Å². The number of nitrogen functional groups attached to an aromatic ring is 1. The van der Waals surface area contributed by atoms with Gasteiger partial charge in [-0.15, -0.1) is 0 Å². The zero-order valence-electron chi connectivity index (χ0n) is 23.1. The van der Waals surface area contributed by atoms with E-state index in [4.69, 9.17) is 15.0 Å². The minimum absolute atomic E-state index is 0.0663. The molecule has 0 aliphatic rings. The molecule has 3 aromatic carbocycles. The van der Waals surface area contributed by atoms with Crippen LogP contribution in [0.3, 0.4) is 0 Å². The summed E-state index contributed by atoms with van der Waals surface area (Å²) in [5, 5.41) is 3.87. The number of esters is 1. The summed E-state index contributed by atoms with van der Waals surface area (Å²) in [7, 11) is -3.90. The number of rotatable bonds is 9. The van der Waals surface area contributed by atoms with Crippen molar-refractivity contribution in [2.75, 3.05) is 17.0 Å². The minimum Gasteiger partial charge on any atom is -0.459 e. The van der Waals surface area contributed by atoms with E-state index in [-0.39, 0.29) is 35.7 Å². The number of nitrogens with zero attached hydrogens (tertiary/aromatic N) is 3. The Bertz CT molecular complexity index is 1620. The molecule has 0 aliphatic heterocycles. The standard InChI is InChI=1S/C29H31N5O6S/c1-19-5-15-24(16-6-19)41(37,38)33-28-31-26(32-40-28)21-9-7-20(8-10-21)17-34(18-25(35)39-29(2,3)4)27(36)22-11-13-23(30)14-12-22/h5-16H,17-18,30H2,1-4H3,(H,31,32,33). The molecule has 1 aromatic heterocycles. The van der Waals surface area contributed by atoms with Crippen LogP contribution in [0.4, 0.5) is 11.7 Å². The van der Waals surface area contributed by atoms with Crippen molar-refractivity contribution in [3.05, 3.63) is 89.5 Å². The summed E-state index contributed by atoms with van der Waals surface area (Å²) in [6.45, 7) is 7.00. The number of nitrogens with one attached hydrogen (secondary N) is 1. The van der Waals surface area contributed by atoms with E-state index >= 15 is 0 Å². The third-order valence-electron chi connectivity index (χ3n) is 5.75. The van der Waals surface area contributed by atoms with Gasteiger partial charge in [0.15, 0.2) is 0 Å². The summed E-state index contributed by atoms with van der Waals surface area (Å²) in [5.74, 6) is -0.726. The average Bonchev–Trinajstić information content (AvgIpc) is 3.35. The number of hydrogen-bond donors (Lipinski definition) is 2. The van der Waals surface area contributed by atoms with Gasteiger partial charge in [-0.2, -0.15) is 4.98 Å². The van der Waals surface area contributed by atoms with Crippen LogP contribution in [0, 0.1) is 6.92 Å². The summed E-state index contributed by atoms with van der Waals surface area (Å²) in [6.07, 6.45) is 0. The molecule has 4 rings (SSSR count). The third kappa shape index (κ3) is 7.92. The molecule has 12 heteroatoms. The second-order valence-corrected chi connectivity index (χ2v) is 12.1. The number of benzene rings is 3. The van der Waals surface area contributed by atoms with Gasteiger partial charge in [0.05, 0.1) is 4.90 Å². The maximum atomic E-state index is 13.3. The highest BCUT2D eigenvalue weighted by Crippen LogP contribution is 2.22. The third-order valence-corrected chi connectivity index (χ3v) is 7.09. The highest BCUT2D eigenvalue weighted by Gasteiger charge is 2.24. The summed E-state index contributed by atoms with van der Waals surface area (Å²) in [5.41, 5.74) is 8.16. The Morgan fingerprint density at radius 1 is 0.976 bits per heavy atom. The first-order valence-electron chi connectivity index (χ1n) is 12.7. The van der Waals surface area contributed by atoms with Gasteiger partial charge in [-0.25, -0.2) is 13.1 Å². The van der Waals surface area contributed by atoms with Gasteiger partial charge in [0.2, 0.25) is 5.82 Å². The van der Waals surface area contributed by atoms with Gasteiger partial charge >= 0.3 is 12.0 Å². The molecule has 0 unspecified atom stereocenters. The molecule has 0 saturated heterocycles. The summed E-state index contributed by atoms with van der Waals surface area (Å²) in [6, 6.07) is 19.4. The van der Waals surface area contributed by atoms with Crippen LogP contribution in [-0.4, -0.2) is 47.5 Å². The van der Waals surface area contributed by atoms with E-state index in [9.17, 15) is 18.0 Å². The van der Waals surface area contributed by atoms with Gasteiger partial charge in [-0.3, -0.25) is 9.59 Å². The molecule has 0 spiro atoms. The predicted octanol–water partition coefficient (Wildman–Crippen LogP) is 4.41. The molecule has 41 heavy (non-hydrogen) atoms. The first-order valence-corrected chi connectivity index (χ1v) is 14.2. The molecule has 0 radical (unpaired) electrons. The van der Waals surface area contributed by atoms with Crippen molar-refractivity contribution in [1.29, 1.82) is 0 Å². The van der Waals surface area contributed by atoms with E-state index in [0.717, 1.165) is 11.1 Å². The van der Waals surface area contributed by atoms with Gasteiger partial charge in [0, 0.05) is 23.4 Å². The van der Waals surface area contributed by atoms with Crippen LogP contribution in [-0.2, 0) is 26.1 Å². The normalized spacial score (nSPS) is 11.6. The fourth-order valence-corrected chi connectivity index (χ4v) is 4.72. The highest BCUT2D eigenvalue weighted by molar-refractivity contribution is 7.92. The van der Waals surface area contributed by atoms with Crippen molar-refractivity contribution >= 4 is 33.6 Å². The van der Waals surface area contributed by atoms with Crippen molar-refractivity contribution in [2.45, 2.75) is 44.7 Å². The molecule has 0 atom stereocenters. The molecular weight excluding hydrogens is 546 g/mol. The molecule has 4 aromatic rings. The lowest BCUT2D eigenvalue weighted by atomic mass is 10.1. The largest absolute Gasteiger partial charge is 0.459 e. The van der Waals surface area contributed by atoms with Gasteiger partial charge in [0.1, 0.15) is 12.1 Å². The monoisotopic (exact) mass is 577 g/mol. The molecular formula is C29H31N5O6S. The minimum atomic E-state index is -3.90. The van der Waals surface area contributed by atoms with Crippen LogP contribution in [0.1, 0.15) is 42.3 Å². The van der Waals surface area contributed by atoms with Gasteiger partial charge < -0.3 is 19.9 Å². The lowest BCUT2D eigenvalue weighted by molar-refractivity contribution is -0.155. The molecule has 0 fully saturated rings. The number of amides is 1. The number of carbonyl (C=O) groups is 2.